The molecule has 12 nitrogen and oxygen atoms in total. The predicted octanol–water partition coefficient (Wildman–Crippen LogP) is 3.72. The molecule has 3 saturated heterocycles. The number of carbonyl (C=O) groups excluding carboxylic acids is 2. The minimum Gasteiger partial charge on any atom is -0.444 e. The summed E-state index contributed by atoms with van der Waals surface area (Å²) in [4.78, 5) is 26.9. The van der Waals surface area contributed by atoms with Crippen LogP contribution in [0.4, 0.5) is 9.59 Å². The molecule has 0 aromatic carbocycles. The molecule has 0 aromatic rings. The van der Waals surface area contributed by atoms with Crippen molar-refractivity contribution in [1.82, 2.24) is 15.1 Å². The summed E-state index contributed by atoms with van der Waals surface area (Å²) in [6, 6.07) is 0. The highest BCUT2D eigenvalue weighted by molar-refractivity contribution is 5.68. The zero-order valence-electron chi connectivity index (χ0n) is 29.5. The first-order chi connectivity index (χ1) is 21.3. The van der Waals surface area contributed by atoms with Crippen LogP contribution in [0.5, 0.6) is 0 Å². The number of amides is 2. The summed E-state index contributed by atoms with van der Waals surface area (Å²) < 4.78 is 10.6. The molecule has 0 bridgehead atoms. The van der Waals surface area contributed by atoms with E-state index < -0.39 is 28.0 Å². The van der Waals surface area contributed by atoms with Gasteiger partial charge in [0.15, 0.2) is 0 Å². The van der Waals surface area contributed by atoms with E-state index in [0.29, 0.717) is 71.1 Å². The number of piperidine rings is 3. The van der Waals surface area contributed by atoms with Crippen LogP contribution in [0.2, 0.25) is 0 Å². The number of nitrogens with one attached hydrogen (secondary N) is 1. The van der Waals surface area contributed by atoms with Gasteiger partial charge in [0.1, 0.15) is 11.2 Å². The largest absolute Gasteiger partial charge is 0.444 e. The Labute approximate surface area is 277 Å². The Morgan fingerprint density at radius 2 is 1.04 bits per heavy atom. The molecule has 2 amide bonds. The third-order valence-electron chi connectivity index (χ3n) is 8.35. The number of aliphatic hydroxyl groups excluding tert-OH is 2. The van der Waals surface area contributed by atoms with Crippen LogP contribution in [-0.4, -0.2) is 128 Å². The predicted molar refractivity (Wildman–Crippen MR) is 178 cm³/mol. The number of hydrogen-bond donors (Lipinski definition) is 6. The lowest BCUT2D eigenvalue weighted by Gasteiger charge is -2.38. The normalized spacial score (nSPS) is 20.7. The molecule has 0 atom stereocenters. The second-order valence-electron chi connectivity index (χ2n) is 15.0. The van der Waals surface area contributed by atoms with Crippen molar-refractivity contribution in [2.24, 2.45) is 0 Å². The monoisotopic (exact) mass is 659 g/mol. The molecule has 0 aromatic heterocycles. The fraction of sp³-hybridized carbons (Fsp3) is 0.882. The Balaban J connectivity index is 0.000000355. The van der Waals surface area contributed by atoms with Gasteiger partial charge in [-0.15, -0.1) is 6.58 Å². The second kappa shape index (κ2) is 19.1. The van der Waals surface area contributed by atoms with E-state index in [1.807, 2.05) is 41.5 Å². The van der Waals surface area contributed by atoms with Gasteiger partial charge in [-0.2, -0.15) is 0 Å². The lowest BCUT2D eigenvalue weighted by atomic mass is 9.87. The van der Waals surface area contributed by atoms with Crippen molar-refractivity contribution in [2.45, 2.75) is 140 Å². The van der Waals surface area contributed by atoms with Gasteiger partial charge in [-0.3, -0.25) is 0 Å². The maximum absolute atomic E-state index is 11.8. The summed E-state index contributed by atoms with van der Waals surface area (Å²) in [6.07, 6.45) is 8.26. The number of carbonyl (C=O) groups is 2. The Hall–Kier alpha value is -1.96. The topological polar surface area (TPSA) is 172 Å². The molecule has 3 rings (SSSR count). The molecule has 6 N–H and O–H groups in total. The van der Waals surface area contributed by atoms with Crippen LogP contribution in [0.3, 0.4) is 0 Å². The van der Waals surface area contributed by atoms with Crippen molar-refractivity contribution in [2.75, 3.05) is 52.5 Å². The van der Waals surface area contributed by atoms with Crippen LogP contribution in [-0.2, 0) is 9.47 Å². The molecule has 3 aliphatic heterocycles. The number of nitrogens with zero attached hydrogens (tertiary/aromatic N) is 2. The average molecular weight is 660 g/mol. The maximum atomic E-state index is 11.8. The summed E-state index contributed by atoms with van der Waals surface area (Å²) in [7, 11) is 0. The highest BCUT2D eigenvalue weighted by atomic mass is 16.6. The molecule has 12 heteroatoms. The molecule has 3 fully saturated rings. The fourth-order valence-electron chi connectivity index (χ4n) is 5.55. The van der Waals surface area contributed by atoms with Crippen LogP contribution in [0.25, 0.3) is 0 Å². The standard InChI is InChI=1S/C13H25NO4.C13H23NO3.C8H17NO2/c1-12(2,3)18-11(16)14-8-6-13(17,7-9-14)5-4-10-15;1-5-6-13(16)7-9-14(10-8-13)11(15)17-12(2,3)4;10-7-1-2-8(11)3-5-9-6-4-8/h15,17H,4-10H2,1-3H3;5,16H,1,6-10H2,2-4H3;9-11H,1-7H2. The van der Waals surface area contributed by atoms with Crippen molar-refractivity contribution >= 4 is 12.2 Å². The van der Waals surface area contributed by atoms with E-state index in [1.54, 1.807) is 15.9 Å². The zero-order chi connectivity index (χ0) is 35.1. The molecule has 270 valence electrons. The first-order valence-electron chi connectivity index (χ1n) is 16.9. The third kappa shape index (κ3) is 17.3. The van der Waals surface area contributed by atoms with Gasteiger partial charge in [-0.25, -0.2) is 9.59 Å². The minimum absolute atomic E-state index is 0.0953. The van der Waals surface area contributed by atoms with Crippen LogP contribution in [0, 0.1) is 0 Å². The number of aliphatic hydroxyl groups is 5. The Morgan fingerprint density at radius 1 is 0.696 bits per heavy atom. The van der Waals surface area contributed by atoms with E-state index >= 15 is 0 Å². The molecular formula is C34H65N3O9. The van der Waals surface area contributed by atoms with Crippen molar-refractivity contribution in [3.8, 4) is 0 Å². The molecule has 0 radical (unpaired) electrons. The Kier molecular flexibility index (Phi) is 17.5. The number of rotatable bonds is 8. The van der Waals surface area contributed by atoms with Crippen LogP contribution >= 0.6 is 0 Å². The van der Waals surface area contributed by atoms with E-state index in [9.17, 15) is 24.9 Å². The molecule has 0 aliphatic carbocycles. The number of ether oxygens (including phenoxy) is 2. The van der Waals surface area contributed by atoms with E-state index in [0.717, 1.165) is 38.8 Å². The van der Waals surface area contributed by atoms with E-state index in [2.05, 4.69) is 11.9 Å². The fourth-order valence-corrected chi connectivity index (χ4v) is 5.55. The van der Waals surface area contributed by atoms with Crippen LogP contribution < -0.4 is 5.32 Å². The quantitative estimate of drug-likeness (QED) is 0.211. The summed E-state index contributed by atoms with van der Waals surface area (Å²) in [5, 5.41) is 50.8. The van der Waals surface area contributed by atoms with Gasteiger partial charge in [0.25, 0.3) is 0 Å². The molecule has 3 aliphatic rings. The highest BCUT2D eigenvalue weighted by Crippen LogP contribution is 2.28. The molecule has 3 heterocycles. The summed E-state index contributed by atoms with van der Waals surface area (Å²) in [6.45, 7) is 18.9. The Bertz CT molecular complexity index is 895. The average Bonchev–Trinajstić information content (AvgIpc) is 2.95. The highest BCUT2D eigenvalue weighted by Gasteiger charge is 2.36. The maximum Gasteiger partial charge on any atom is 0.410 e. The van der Waals surface area contributed by atoms with Crippen molar-refractivity contribution < 1.29 is 44.6 Å². The number of likely N-dealkylation sites (tertiary alicyclic amines) is 2. The third-order valence-corrected chi connectivity index (χ3v) is 8.35. The lowest BCUT2D eigenvalue weighted by Crippen LogP contribution is -2.48. The summed E-state index contributed by atoms with van der Waals surface area (Å²) >= 11 is 0. The van der Waals surface area contributed by atoms with Gasteiger partial charge < -0.3 is 50.1 Å². The molecule has 46 heavy (non-hydrogen) atoms. The summed E-state index contributed by atoms with van der Waals surface area (Å²) in [5.74, 6) is 0. The van der Waals surface area contributed by atoms with E-state index in [4.69, 9.17) is 19.7 Å². The Morgan fingerprint density at radius 3 is 1.37 bits per heavy atom. The minimum atomic E-state index is -0.735. The van der Waals surface area contributed by atoms with Gasteiger partial charge in [-0.1, -0.05) is 6.08 Å². The van der Waals surface area contributed by atoms with Gasteiger partial charge in [0, 0.05) is 39.4 Å². The van der Waals surface area contributed by atoms with Gasteiger partial charge in [0.05, 0.1) is 16.8 Å². The van der Waals surface area contributed by atoms with Gasteiger partial charge in [-0.05, 0) is 125 Å². The molecule has 0 unspecified atom stereocenters. The second-order valence-corrected chi connectivity index (χ2v) is 15.0. The van der Waals surface area contributed by atoms with Gasteiger partial charge >= 0.3 is 12.2 Å². The molecule has 0 spiro atoms. The van der Waals surface area contributed by atoms with Crippen molar-refractivity contribution in [1.29, 1.82) is 0 Å². The smallest absolute Gasteiger partial charge is 0.410 e. The summed E-state index contributed by atoms with van der Waals surface area (Å²) in [5.41, 5.74) is -2.87. The van der Waals surface area contributed by atoms with Crippen molar-refractivity contribution in [3.63, 3.8) is 0 Å². The lowest BCUT2D eigenvalue weighted by molar-refractivity contribution is -0.0394. The zero-order valence-corrected chi connectivity index (χ0v) is 29.5. The number of hydrogen-bond acceptors (Lipinski definition) is 10. The molecular weight excluding hydrogens is 594 g/mol. The van der Waals surface area contributed by atoms with Gasteiger partial charge in [0.2, 0.25) is 0 Å². The van der Waals surface area contributed by atoms with Crippen LogP contribution in [0.15, 0.2) is 12.7 Å². The van der Waals surface area contributed by atoms with Crippen molar-refractivity contribution in [3.05, 3.63) is 12.7 Å². The SMILES string of the molecule is C=CCC1(O)CCN(C(=O)OC(C)(C)C)CC1.CC(C)(C)OC(=O)N1CCC(O)(CCCO)CC1.OCCCC1(O)CCNCC1. The first-order valence-corrected chi connectivity index (χ1v) is 16.9. The first kappa shape index (κ1) is 42.1. The van der Waals surface area contributed by atoms with Crippen LogP contribution in [0.1, 0.15) is 112 Å². The molecule has 0 saturated carbocycles. The van der Waals surface area contributed by atoms with E-state index in [-0.39, 0.29) is 25.4 Å². The van der Waals surface area contributed by atoms with E-state index in [1.165, 1.54) is 0 Å².